The second kappa shape index (κ2) is 7.55. The molecule has 0 aromatic heterocycles. The molecule has 2 rings (SSSR count). The van der Waals surface area contributed by atoms with Gasteiger partial charge in [0.05, 0.1) is 22.8 Å². The first-order valence-electron chi connectivity index (χ1n) is 6.38. The van der Waals surface area contributed by atoms with Gasteiger partial charge in [-0.25, -0.2) is 0 Å². The van der Waals surface area contributed by atoms with Crippen LogP contribution < -0.4 is 10.6 Å². The van der Waals surface area contributed by atoms with Crippen molar-refractivity contribution in [2.24, 2.45) is 0 Å². The van der Waals surface area contributed by atoms with Crippen molar-refractivity contribution in [1.82, 2.24) is 5.32 Å². The van der Waals surface area contributed by atoms with Crippen LogP contribution in [0.1, 0.15) is 10.4 Å². The summed E-state index contributed by atoms with van der Waals surface area (Å²) < 4.78 is 0. The molecule has 0 spiro atoms. The monoisotopic (exact) mass is 372 g/mol. The maximum atomic E-state index is 12.0. The summed E-state index contributed by atoms with van der Waals surface area (Å²) in [5.74, 6) is -1.17. The highest BCUT2D eigenvalue weighted by atomic mass is 35.5. The maximum Gasteiger partial charge on any atom is 0.253 e. The van der Waals surface area contributed by atoms with E-state index in [1.165, 1.54) is 36.4 Å². The van der Waals surface area contributed by atoms with Crippen molar-refractivity contribution in [3.05, 3.63) is 57.0 Å². The van der Waals surface area contributed by atoms with E-state index in [4.69, 9.17) is 34.8 Å². The lowest BCUT2D eigenvalue weighted by Crippen LogP contribution is -2.33. The Morgan fingerprint density at radius 3 is 2.35 bits per heavy atom. The number of hydrogen-bond donors (Lipinski definition) is 3. The van der Waals surface area contributed by atoms with Gasteiger partial charge in [-0.05, 0) is 36.4 Å². The second-order valence-corrected chi connectivity index (χ2v) is 5.80. The van der Waals surface area contributed by atoms with Crippen LogP contribution in [0, 0.1) is 0 Å². The third-order valence-corrected chi connectivity index (χ3v) is 3.60. The lowest BCUT2D eigenvalue weighted by atomic mass is 10.2. The van der Waals surface area contributed by atoms with E-state index in [1.54, 1.807) is 0 Å². The largest absolute Gasteiger partial charge is 0.506 e. The van der Waals surface area contributed by atoms with Crippen LogP contribution >= 0.6 is 34.8 Å². The van der Waals surface area contributed by atoms with Crippen LogP contribution in [0.4, 0.5) is 5.69 Å². The molecule has 120 valence electrons. The van der Waals surface area contributed by atoms with Gasteiger partial charge in [-0.1, -0.05) is 34.8 Å². The first-order chi connectivity index (χ1) is 10.9. The summed E-state index contributed by atoms with van der Waals surface area (Å²) in [5, 5.41) is 15.4. The molecule has 23 heavy (non-hydrogen) atoms. The fourth-order valence-electron chi connectivity index (χ4n) is 1.73. The average Bonchev–Trinajstić information content (AvgIpc) is 2.48. The SMILES string of the molecule is O=C(CNC(=O)c1ccc(Cl)cc1Cl)Nc1cc(Cl)ccc1O. The topological polar surface area (TPSA) is 78.4 Å². The zero-order valence-electron chi connectivity index (χ0n) is 11.6. The summed E-state index contributed by atoms with van der Waals surface area (Å²) in [7, 11) is 0. The van der Waals surface area contributed by atoms with Crippen molar-refractivity contribution >= 4 is 52.3 Å². The van der Waals surface area contributed by atoms with Gasteiger partial charge in [0.25, 0.3) is 5.91 Å². The lowest BCUT2D eigenvalue weighted by molar-refractivity contribution is -0.115. The van der Waals surface area contributed by atoms with E-state index in [0.29, 0.717) is 10.0 Å². The molecule has 2 amide bonds. The molecule has 0 heterocycles. The average molecular weight is 374 g/mol. The van der Waals surface area contributed by atoms with Crippen LogP contribution in [0.25, 0.3) is 0 Å². The first-order valence-corrected chi connectivity index (χ1v) is 7.52. The Hall–Kier alpha value is -1.95. The van der Waals surface area contributed by atoms with Crippen LogP contribution in [0.2, 0.25) is 15.1 Å². The zero-order valence-corrected chi connectivity index (χ0v) is 13.8. The van der Waals surface area contributed by atoms with Crippen molar-refractivity contribution in [3.63, 3.8) is 0 Å². The molecular weight excluding hydrogens is 363 g/mol. The first kappa shape index (κ1) is 17.4. The van der Waals surface area contributed by atoms with Gasteiger partial charge in [-0.3, -0.25) is 9.59 Å². The van der Waals surface area contributed by atoms with E-state index in [1.807, 2.05) is 0 Å². The number of carbonyl (C=O) groups excluding carboxylic acids is 2. The molecule has 0 fully saturated rings. The van der Waals surface area contributed by atoms with Crippen LogP contribution in [0.5, 0.6) is 5.75 Å². The standard InChI is InChI=1S/C15H11Cl3N2O3/c16-8-1-3-10(11(18)5-8)15(23)19-7-14(22)20-12-6-9(17)2-4-13(12)21/h1-6,21H,7H2,(H,19,23)(H,20,22). The number of benzene rings is 2. The Morgan fingerprint density at radius 2 is 1.65 bits per heavy atom. The predicted octanol–water partition coefficient (Wildman–Crippen LogP) is 3.72. The van der Waals surface area contributed by atoms with Crippen LogP contribution in [0.3, 0.4) is 0 Å². The van der Waals surface area contributed by atoms with E-state index in [2.05, 4.69) is 10.6 Å². The minimum absolute atomic E-state index is 0.130. The molecule has 8 heteroatoms. The van der Waals surface area contributed by atoms with E-state index < -0.39 is 11.8 Å². The molecule has 0 radical (unpaired) electrons. The Balaban J connectivity index is 1.96. The van der Waals surface area contributed by atoms with Gasteiger partial charge < -0.3 is 15.7 Å². The van der Waals surface area contributed by atoms with Gasteiger partial charge in [0.1, 0.15) is 5.75 Å². The summed E-state index contributed by atoms with van der Waals surface area (Å²) in [6.07, 6.45) is 0. The van der Waals surface area contributed by atoms with Crippen molar-refractivity contribution < 1.29 is 14.7 Å². The molecule has 0 aliphatic carbocycles. The second-order valence-electron chi connectivity index (χ2n) is 4.52. The molecule has 0 atom stereocenters. The molecule has 0 saturated heterocycles. The Kier molecular flexibility index (Phi) is 5.71. The normalized spacial score (nSPS) is 10.2. The Labute approximate surface area is 147 Å². The molecule has 0 bridgehead atoms. The molecule has 5 nitrogen and oxygen atoms in total. The molecule has 3 N–H and O–H groups in total. The van der Waals surface area contributed by atoms with Gasteiger partial charge in [-0.15, -0.1) is 0 Å². The number of aromatic hydroxyl groups is 1. The quantitative estimate of drug-likeness (QED) is 0.715. The van der Waals surface area contributed by atoms with Crippen LogP contribution in [-0.2, 0) is 4.79 Å². The third kappa shape index (κ3) is 4.76. The van der Waals surface area contributed by atoms with E-state index in [9.17, 15) is 14.7 Å². The number of hydrogen-bond acceptors (Lipinski definition) is 3. The minimum atomic E-state index is -0.527. The van der Waals surface area contributed by atoms with Gasteiger partial charge in [0.2, 0.25) is 5.91 Å². The number of halogens is 3. The highest BCUT2D eigenvalue weighted by Crippen LogP contribution is 2.26. The van der Waals surface area contributed by atoms with Crippen molar-refractivity contribution in [2.75, 3.05) is 11.9 Å². The van der Waals surface area contributed by atoms with E-state index in [0.717, 1.165) is 0 Å². The smallest absolute Gasteiger partial charge is 0.253 e. The molecule has 0 aliphatic rings. The number of nitrogens with one attached hydrogen (secondary N) is 2. The van der Waals surface area contributed by atoms with Crippen LogP contribution in [0.15, 0.2) is 36.4 Å². The molecular formula is C15H11Cl3N2O3. The molecule has 0 aliphatic heterocycles. The third-order valence-electron chi connectivity index (χ3n) is 2.82. The van der Waals surface area contributed by atoms with Gasteiger partial charge in [0.15, 0.2) is 0 Å². The van der Waals surface area contributed by atoms with Crippen molar-refractivity contribution in [1.29, 1.82) is 0 Å². The molecule has 0 saturated carbocycles. The molecule has 2 aromatic rings. The summed E-state index contributed by atoms with van der Waals surface area (Å²) in [5.41, 5.74) is 0.357. The summed E-state index contributed by atoms with van der Waals surface area (Å²) in [4.78, 5) is 23.8. The number of carbonyl (C=O) groups is 2. The fraction of sp³-hybridized carbons (Fsp3) is 0.0667. The number of anilines is 1. The minimum Gasteiger partial charge on any atom is -0.506 e. The Morgan fingerprint density at radius 1 is 1.00 bits per heavy atom. The summed E-state index contributed by atoms with van der Waals surface area (Å²) >= 11 is 17.4. The van der Waals surface area contributed by atoms with Crippen LogP contribution in [-0.4, -0.2) is 23.5 Å². The maximum absolute atomic E-state index is 12.0. The van der Waals surface area contributed by atoms with Gasteiger partial charge in [0, 0.05) is 10.0 Å². The fourth-order valence-corrected chi connectivity index (χ4v) is 2.40. The van der Waals surface area contributed by atoms with Gasteiger partial charge >= 0.3 is 0 Å². The lowest BCUT2D eigenvalue weighted by Gasteiger charge is -2.09. The van der Waals surface area contributed by atoms with Crippen molar-refractivity contribution in [2.45, 2.75) is 0 Å². The van der Waals surface area contributed by atoms with Gasteiger partial charge in [-0.2, -0.15) is 0 Å². The summed E-state index contributed by atoms with van der Waals surface area (Å²) in [6, 6.07) is 8.64. The van der Waals surface area contributed by atoms with Crippen molar-refractivity contribution in [3.8, 4) is 5.75 Å². The highest BCUT2D eigenvalue weighted by Gasteiger charge is 2.13. The number of amides is 2. The number of rotatable bonds is 4. The highest BCUT2D eigenvalue weighted by molar-refractivity contribution is 6.36. The van der Waals surface area contributed by atoms with E-state index >= 15 is 0 Å². The molecule has 0 unspecified atom stereocenters. The number of phenolic OH excluding ortho intramolecular Hbond substituents is 1. The predicted molar refractivity (Wildman–Crippen MR) is 90.5 cm³/mol. The zero-order chi connectivity index (χ0) is 17.0. The molecule has 2 aromatic carbocycles. The Bertz CT molecular complexity index is 766. The van der Waals surface area contributed by atoms with E-state index in [-0.39, 0.29) is 28.6 Å². The number of phenols is 1. The summed E-state index contributed by atoms with van der Waals surface area (Å²) in [6.45, 7) is -0.302.